The van der Waals surface area contributed by atoms with Crippen LogP contribution >= 0.6 is 9.24 Å². The third kappa shape index (κ3) is 17.2. The van der Waals surface area contributed by atoms with Gasteiger partial charge in [-0.05, 0) is 110 Å². The quantitative estimate of drug-likeness (QED) is 0.207. The van der Waals surface area contributed by atoms with Gasteiger partial charge in [-0.1, -0.05) is 55.4 Å². The molecule has 1 unspecified atom stereocenters. The number of carboxylic acid groups (broad SMARTS) is 1. The molecule has 1 atom stereocenters. The van der Waals surface area contributed by atoms with Crippen molar-refractivity contribution >= 4 is 27.2 Å². The highest BCUT2D eigenvalue weighted by molar-refractivity contribution is 7.18. The van der Waals surface area contributed by atoms with Gasteiger partial charge in [0.05, 0.1) is 18.6 Å². The lowest BCUT2D eigenvalue weighted by atomic mass is 9.85. The number of hydrogen-bond donors (Lipinski definition) is 3. The van der Waals surface area contributed by atoms with Crippen LogP contribution in [0.5, 0.6) is 5.75 Å². The monoisotopic (exact) mass is 680 g/mol. The lowest BCUT2D eigenvalue weighted by Crippen LogP contribution is -2.38. The van der Waals surface area contributed by atoms with Gasteiger partial charge in [0.15, 0.2) is 11.6 Å². The number of benzene rings is 1. The van der Waals surface area contributed by atoms with E-state index in [0.717, 1.165) is 17.5 Å². The van der Waals surface area contributed by atoms with Crippen molar-refractivity contribution in [1.82, 2.24) is 10.3 Å². The molecule has 1 aromatic heterocycles. The Bertz CT molecular complexity index is 1290. The number of ether oxygens (including phenoxy) is 1. The van der Waals surface area contributed by atoms with Crippen LogP contribution in [0.25, 0.3) is 17.2 Å². The van der Waals surface area contributed by atoms with Crippen molar-refractivity contribution in [1.29, 1.82) is 0 Å². The molecule has 0 fully saturated rings. The molecule has 1 amide bonds. The molecule has 9 heteroatoms. The number of aliphatic hydroxyl groups is 1. The average Bonchev–Trinajstić information content (AvgIpc) is 3.00. The number of nitrogens with zero attached hydrogens (tertiary/aromatic N) is 1. The smallest absolute Gasteiger partial charge is 0.307 e. The summed E-state index contributed by atoms with van der Waals surface area (Å²) >= 11 is 0. The molecule has 47 heavy (non-hydrogen) atoms. The van der Waals surface area contributed by atoms with Gasteiger partial charge >= 0.3 is 5.97 Å². The second kappa shape index (κ2) is 23.5. The van der Waals surface area contributed by atoms with Crippen LogP contribution in [-0.4, -0.2) is 44.6 Å². The maximum absolute atomic E-state index is 15.2. The lowest BCUT2D eigenvalue weighted by Gasteiger charge is -2.25. The number of hydrogen-bond acceptors (Lipinski definition) is 5. The minimum Gasteiger partial charge on any atom is -0.490 e. The highest BCUT2D eigenvalue weighted by Crippen LogP contribution is 2.41. The fraction of sp³-hybridized carbons (Fsp3) is 0.605. The molecule has 1 aliphatic rings. The molecule has 3 N–H and O–H groups in total. The van der Waals surface area contributed by atoms with Gasteiger partial charge < -0.3 is 20.3 Å². The van der Waals surface area contributed by atoms with Crippen LogP contribution in [0.4, 0.5) is 4.39 Å². The van der Waals surface area contributed by atoms with Crippen LogP contribution in [0.2, 0.25) is 0 Å². The first-order chi connectivity index (χ1) is 21.8. The molecular weight excluding hydrogens is 614 g/mol. The summed E-state index contributed by atoms with van der Waals surface area (Å²) in [5.74, 6) is -1.47. The summed E-state index contributed by atoms with van der Waals surface area (Å²) in [5, 5.41) is 20.6. The highest BCUT2D eigenvalue weighted by atomic mass is 31.0. The molecular formula is C38H66FN2O5P. The molecule has 2 heterocycles. The van der Waals surface area contributed by atoms with Crippen molar-refractivity contribution in [3.05, 3.63) is 51.1 Å². The molecule has 270 valence electrons. The number of aliphatic carboxylic acids is 1. The van der Waals surface area contributed by atoms with Crippen molar-refractivity contribution in [2.45, 2.75) is 148 Å². The predicted octanol–water partition coefficient (Wildman–Crippen LogP) is 9.78. The third-order valence-corrected chi connectivity index (χ3v) is 6.07. The van der Waals surface area contributed by atoms with Crippen LogP contribution in [0.3, 0.4) is 0 Å². The Hall–Kier alpha value is -2.83. The van der Waals surface area contributed by atoms with Gasteiger partial charge in [-0.15, -0.1) is 9.24 Å². The Balaban J connectivity index is -0.00000130. The Morgan fingerprint density at radius 2 is 1.49 bits per heavy atom. The lowest BCUT2D eigenvalue weighted by molar-refractivity contribution is -0.136. The summed E-state index contributed by atoms with van der Waals surface area (Å²) in [6.07, 6.45) is 2.90. The second-order valence-corrected chi connectivity index (χ2v) is 13.0. The van der Waals surface area contributed by atoms with E-state index >= 15 is 4.39 Å². The molecule has 0 spiro atoms. The number of aryl methyl sites for hydroxylation is 2. The fourth-order valence-electron chi connectivity index (χ4n) is 4.35. The van der Waals surface area contributed by atoms with Crippen LogP contribution in [0, 0.1) is 26.6 Å². The molecule has 0 saturated carbocycles. The van der Waals surface area contributed by atoms with E-state index in [2.05, 4.69) is 19.5 Å². The number of pyridine rings is 1. The van der Waals surface area contributed by atoms with Crippen LogP contribution in [0.15, 0.2) is 11.6 Å². The van der Waals surface area contributed by atoms with Gasteiger partial charge in [-0.2, -0.15) is 0 Å². The molecule has 1 aliphatic heterocycles. The summed E-state index contributed by atoms with van der Waals surface area (Å²) < 4.78 is 20.8. The van der Waals surface area contributed by atoms with E-state index in [1.54, 1.807) is 40.7 Å². The zero-order valence-electron chi connectivity index (χ0n) is 32.5. The Labute approximate surface area is 288 Å². The largest absolute Gasteiger partial charge is 0.490 e. The van der Waals surface area contributed by atoms with Crippen LogP contribution in [-0.2, 0) is 22.4 Å². The minimum absolute atomic E-state index is 0.257. The zero-order chi connectivity index (χ0) is 37.9. The van der Waals surface area contributed by atoms with Gasteiger partial charge in [-0.3, -0.25) is 14.6 Å². The summed E-state index contributed by atoms with van der Waals surface area (Å²) in [6.45, 7) is 32.6. The van der Waals surface area contributed by atoms with E-state index in [4.69, 9.17) is 9.84 Å². The number of carbonyl (C=O) groups is 2. The Morgan fingerprint density at radius 1 is 1.00 bits per heavy atom. The third-order valence-electron chi connectivity index (χ3n) is 5.92. The first-order valence-electron chi connectivity index (χ1n) is 17.0. The number of nitrogens with one attached hydrogen (secondary N) is 1. The van der Waals surface area contributed by atoms with E-state index in [9.17, 15) is 14.7 Å². The molecule has 1 aromatic carbocycles. The summed E-state index contributed by atoms with van der Waals surface area (Å²) in [5.41, 5.74) is 5.07. The van der Waals surface area contributed by atoms with Gasteiger partial charge in [0.25, 0.3) is 0 Å². The molecule has 7 nitrogen and oxygen atoms in total. The van der Waals surface area contributed by atoms with Crippen molar-refractivity contribution < 1.29 is 28.9 Å². The number of carboxylic acids is 1. The molecule has 2 aromatic rings. The topological polar surface area (TPSA) is 109 Å². The zero-order valence-corrected chi connectivity index (χ0v) is 33.7. The molecule has 0 saturated heterocycles. The highest BCUT2D eigenvalue weighted by Gasteiger charge is 2.26. The minimum atomic E-state index is -1.01. The number of amides is 1. The van der Waals surface area contributed by atoms with E-state index in [1.165, 1.54) is 6.07 Å². The number of halogens is 1. The number of fused-ring (bicyclic) bond motifs is 1. The number of rotatable bonds is 6. The van der Waals surface area contributed by atoms with Crippen LogP contribution < -0.4 is 10.1 Å². The molecule has 0 radical (unpaired) electrons. The van der Waals surface area contributed by atoms with Crippen molar-refractivity contribution in [2.75, 3.05) is 6.61 Å². The van der Waals surface area contributed by atoms with Gasteiger partial charge in [0.2, 0.25) is 5.91 Å². The van der Waals surface area contributed by atoms with E-state index < -0.39 is 22.7 Å². The summed E-state index contributed by atoms with van der Waals surface area (Å²) in [7, 11) is 2.57. The van der Waals surface area contributed by atoms with Gasteiger partial charge in [0, 0.05) is 33.4 Å². The number of carbonyl (C=O) groups excluding carboxylic acids is 1. The Morgan fingerprint density at radius 3 is 1.94 bits per heavy atom. The van der Waals surface area contributed by atoms with Crippen LogP contribution in [0.1, 0.15) is 137 Å². The molecule has 0 aliphatic carbocycles. The predicted molar refractivity (Wildman–Crippen MR) is 202 cm³/mol. The Kier molecular flexibility index (Phi) is 24.3. The van der Waals surface area contributed by atoms with Crippen molar-refractivity contribution in [3.63, 3.8) is 0 Å². The van der Waals surface area contributed by atoms with E-state index in [0.29, 0.717) is 52.2 Å². The van der Waals surface area contributed by atoms with E-state index in [-0.39, 0.29) is 18.1 Å². The molecule has 3 rings (SSSR count). The summed E-state index contributed by atoms with van der Waals surface area (Å²) in [4.78, 5) is 29.1. The fourth-order valence-corrected chi connectivity index (χ4v) is 4.48. The van der Waals surface area contributed by atoms with Gasteiger partial charge in [-0.25, -0.2) is 4.39 Å². The first kappa shape index (κ1) is 48.6. The maximum Gasteiger partial charge on any atom is 0.307 e. The SMILES string of the molecule is C/C(=C\c1c(C)nc(C)c(CC(=O)O)c1-c1cc(F)c2c(c1C)CCCO2)C(=O)NC(C)(C)P.CC.CC.CC.CC.CC(C)(C)O. The van der Waals surface area contributed by atoms with Gasteiger partial charge in [0.1, 0.15) is 0 Å². The van der Waals surface area contributed by atoms with E-state index in [1.807, 2.05) is 83.1 Å². The van der Waals surface area contributed by atoms with Crippen molar-refractivity contribution in [2.24, 2.45) is 0 Å². The second-order valence-electron chi connectivity index (χ2n) is 11.6. The summed E-state index contributed by atoms with van der Waals surface area (Å²) in [6, 6.07) is 1.41. The van der Waals surface area contributed by atoms with Crippen molar-refractivity contribution in [3.8, 4) is 16.9 Å². The average molecular weight is 681 g/mol. The normalized spacial score (nSPS) is 11.8. The number of aromatic nitrogens is 1. The maximum atomic E-state index is 15.2. The first-order valence-corrected chi connectivity index (χ1v) is 17.6. The molecule has 0 bridgehead atoms. The standard InChI is InChI=1S/C26H32FN2O4P.C4H10O.4C2H6/c1-13(25(32)29-26(5,6)34)10-19-15(3)28-16(4)20(12-22(30)31)23(19)18-11-21(27)24-17(14(18)2)8-7-9-33-24;1-4(2,3)5;4*1-2/h10-11H,7-9,12,34H2,1-6H3,(H,29,32)(H,30,31);5H,1-3H3;4*1-2H3/b13-10+;;;;;.